The molecule has 0 amide bonds. The third-order valence-electron chi connectivity index (χ3n) is 5.13. The van der Waals surface area contributed by atoms with Crippen LogP contribution in [-0.4, -0.2) is 21.8 Å². The molecule has 0 saturated heterocycles. The highest BCUT2D eigenvalue weighted by molar-refractivity contribution is 7.98. The summed E-state index contributed by atoms with van der Waals surface area (Å²) in [6, 6.07) is 22.5. The fraction of sp³-hybridized carbons (Fsp3) is 0.0800. The average Bonchev–Trinajstić information content (AvgIpc) is 3.33. The van der Waals surface area contributed by atoms with Gasteiger partial charge in [0.2, 0.25) is 0 Å². The van der Waals surface area contributed by atoms with E-state index in [1.807, 2.05) is 36.4 Å². The van der Waals surface area contributed by atoms with E-state index < -0.39 is 5.82 Å². The minimum Gasteiger partial charge on any atom is -0.497 e. The predicted molar refractivity (Wildman–Crippen MR) is 125 cm³/mol. The lowest BCUT2D eigenvalue weighted by Gasteiger charge is -2.13. The van der Waals surface area contributed by atoms with Crippen molar-refractivity contribution in [2.75, 3.05) is 7.11 Å². The maximum absolute atomic E-state index is 14.6. The Morgan fingerprint density at radius 1 is 1.03 bits per heavy atom. The van der Waals surface area contributed by atoms with Gasteiger partial charge in [0.1, 0.15) is 23.0 Å². The maximum Gasteiger partial charge on any atom is 0.266 e. The molecule has 0 atom stereocenters. The highest BCUT2D eigenvalue weighted by atomic mass is 32.2. The second kappa shape index (κ2) is 8.91. The number of methoxy groups -OCH3 is 1. The maximum atomic E-state index is 14.6. The summed E-state index contributed by atoms with van der Waals surface area (Å²) in [5.74, 6) is 1.22. The van der Waals surface area contributed by atoms with Crippen LogP contribution < -0.4 is 10.3 Å². The molecule has 33 heavy (non-hydrogen) atoms. The summed E-state index contributed by atoms with van der Waals surface area (Å²) in [5, 5.41) is 4.93. The molecule has 0 aliphatic carbocycles. The van der Waals surface area contributed by atoms with Gasteiger partial charge in [0.25, 0.3) is 5.56 Å². The zero-order valence-corrected chi connectivity index (χ0v) is 18.4. The quantitative estimate of drug-likeness (QED) is 0.247. The number of benzene rings is 3. The molecule has 0 aliphatic rings. The number of ether oxygens (including phenoxy) is 1. The van der Waals surface area contributed by atoms with Gasteiger partial charge in [0.05, 0.1) is 29.5 Å². The van der Waals surface area contributed by atoms with Gasteiger partial charge in [-0.1, -0.05) is 41.2 Å². The topological polar surface area (TPSA) is 70.2 Å². The monoisotopic (exact) mass is 459 g/mol. The highest BCUT2D eigenvalue weighted by Gasteiger charge is 2.17. The molecule has 5 aromatic rings. The van der Waals surface area contributed by atoms with Crippen molar-refractivity contribution in [2.24, 2.45) is 0 Å². The second-order valence-corrected chi connectivity index (χ2v) is 8.14. The molecule has 0 N–H and O–H groups in total. The average molecular weight is 460 g/mol. The van der Waals surface area contributed by atoms with Gasteiger partial charge in [-0.05, 0) is 48.5 Å². The van der Waals surface area contributed by atoms with Gasteiger partial charge in [0.15, 0.2) is 5.16 Å². The van der Waals surface area contributed by atoms with E-state index in [1.165, 1.54) is 22.4 Å². The first-order valence-corrected chi connectivity index (χ1v) is 11.1. The lowest BCUT2D eigenvalue weighted by atomic mass is 10.1. The van der Waals surface area contributed by atoms with Crippen LogP contribution in [0.15, 0.2) is 93.3 Å². The molecule has 2 aromatic heterocycles. The van der Waals surface area contributed by atoms with Crippen molar-refractivity contribution in [3.63, 3.8) is 0 Å². The SMILES string of the molecule is COc1ccc(-c2cc(CSc3nc4ccccc4c(=O)n3-c3ccccc3F)on2)cc1. The normalized spacial score (nSPS) is 11.1. The number of rotatable bonds is 6. The summed E-state index contributed by atoms with van der Waals surface area (Å²) in [6.45, 7) is 0. The number of hydrogen-bond acceptors (Lipinski definition) is 6. The Bertz CT molecular complexity index is 1500. The summed E-state index contributed by atoms with van der Waals surface area (Å²) < 4.78 is 26.6. The molecule has 6 nitrogen and oxygen atoms in total. The van der Waals surface area contributed by atoms with Crippen molar-refractivity contribution in [1.82, 2.24) is 14.7 Å². The van der Waals surface area contributed by atoms with Crippen LogP contribution in [0.3, 0.4) is 0 Å². The van der Waals surface area contributed by atoms with Crippen molar-refractivity contribution in [1.29, 1.82) is 0 Å². The Kier molecular flexibility index (Phi) is 5.66. The summed E-state index contributed by atoms with van der Waals surface area (Å²) in [7, 11) is 1.61. The van der Waals surface area contributed by atoms with Crippen LogP contribution in [0.4, 0.5) is 4.39 Å². The van der Waals surface area contributed by atoms with Crippen LogP contribution in [0.2, 0.25) is 0 Å². The van der Waals surface area contributed by atoms with Gasteiger partial charge < -0.3 is 9.26 Å². The molecule has 2 heterocycles. The molecule has 5 rings (SSSR count). The Hall–Kier alpha value is -3.91. The van der Waals surface area contributed by atoms with Crippen LogP contribution in [-0.2, 0) is 5.75 Å². The van der Waals surface area contributed by atoms with Crippen molar-refractivity contribution < 1.29 is 13.7 Å². The molecule has 0 fully saturated rings. The summed E-state index contributed by atoms with van der Waals surface area (Å²) >= 11 is 1.28. The third kappa shape index (κ3) is 4.12. The number of nitrogens with zero attached hydrogens (tertiary/aromatic N) is 3. The van der Waals surface area contributed by atoms with Gasteiger partial charge in [-0.2, -0.15) is 0 Å². The Balaban J connectivity index is 1.49. The van der Waals surface area contributed by atoms with Gasteiger partial charge in [-0.3, -0.25) is 9.36 Å². The minimum absolute atomic E-state index is 0.153. The van der Waals surface area contributed by atoms with Gasteiger partial charge >= 0.3 is 0 Å². The van der Waals surface area contributed by atoms with Crippen LogP contribution in [0.25, 0.3) is 27.8 Å². The zero-order valence-electron chi connectivity index (χ0n) is 17.6. The molecule has 8 heteroatoms. The van der Waals surface area contributed by atoms with E-state index in [4.69, 9.17) is 9.26 Å². The number of para-hydroxylation sites is 2. The summed E-state index contributed by atoms with van der Waals surface area (Å²) in [6.07, 6.45) is 0. The fourth-order valence-electron chi connectivity index (χ4n) is 3.47. The number of aromatic nitrogens is 3. The first-order chi connectivity index (χ1) is 16.1. The molecule has 0 bridgehead atoms. The summed E-state index contributed by atoms with van der Waals surface area (Å²) in [4.78, 5) is 17.9. The van der Waals surface area contributed by atoms with Crippen molar-refractivity contribution in [3.8, 4) is 22.7 Å². The molecule has 0 spiro atoms. The molecule has 0 radical (unpaired) electrons. The largest absolute Gasteiger partial charge is 0.497 e. The van der Waals surface area contributed by atoms with E-state index in [2.05, 4.69) is 10.1 Å². The number of hydrogen-bond donors (Lipinski definition) is 0. The van der Waals surface area contributed by atoms with E-state index >= 15 is 0 Å². The van der Waals surface area contributed by atoms with Crippen LogP contribution in [0.5, 0.6) is 5.75 Å². The van der Waals surface area contributed by atoms with Gasteiger partial charge in [0, 0.05) is 11.6 Å². The molecule has 0 unspecified atom stereocenters. The van der Waals surface area contributed by atoms with Crippen LogP contribution >= 0.6 is 11.8 Å². The first kappa shape index (κ1) is 21.0. The van der Waals surface area contributed by atoms with E-state index in [9.17, 15) is 9.18 Å². The van der Waals surface area contributed by atoms with Crippen LogP contribution in [0.1, 0.15) is 5.76 Å². The third-order valence-corrected chi connectivity index (χ3v) is 6.09. The molecule has 164 valence electrons. The lowest BCUT2D eigenvalue weighted by Crippen LogP contribution is -2.22. The van der Waals surface area contributed by atoms with Crippen molar-refractivity contribution in [3.05, 3.63) is 101 Å². The first-order valence-electron chi connectivity index (χ1n) is 10.1. The Morgan fingerprint density at radius 2 is 1.79 bits per heavy atom. The van der Waals surface area contributed by atoms with Gasteiger partial charge in [-0.15, -0.1) is 0 Å². The van der Waals surface area contributed by atoms with E-state index in [1.54, 1.807) is 43.5 Å². The zero-order chi connectivity index (χ0) is 22.8. The molecule has 0 aliphatic heterocycles. The molecule has 3 aromatic carbocycles. The lowest BCUT2D eigenvalue weighted by molar-refractivity contribution is 0.397. The minimum atomic E-state index is -0.500. The predicted octanol–water partition coefficient (Wildman–Crippen LogP) is 5.48. The standard InChI is InChI=1S/C25H18FN3O3S/c1-31-17-12-10-16(11-13-17)22-14-18(32-28-22)15-33-25-27-21-8-4-2-6-19(21)24(30)29(25)23-9-5-3-7-20(23)26/h2-14H,15H2,1H3. The van der Waals surface area contributed by atoms with Crippen molar-refractivity contribution in [2.45, 2.75) is 10.9 Å². The van der Waals surface area contributed by atoms with E-state index in [0.29, 0.717) is 33.3 Å². The Morgan fingerprint density at radius 3 is 2.58 bits per heavy atom. The number of halogens is 1. The van der Waals surface area contributed by atoms with E-state index in [-0.39, 0.29) is 11.2 Å². The molecule has 0 saturated carbocycles. The van der Waals surface area contributed by atoms with Gasteiger partial charge in [-0.25, -0.2) is 9.37 Å². The van der Waals surface area contributed by atoms with Crippen molar-refractivity contribution >= 4 is 22.7 Å². The van der Waals surface area contributed by atoms with Crippen LogP contribution in [0, 0.1) is 5.82 Å². The smallest absolute Gasteiger partial charge is 0.266 e. The number of fused-ring (bicyclic) bond motifs is 1. The van der Waals surface area contributed by atoms with E-state index in [0.717, 1.165) is 11.3 Å². The second-order valence-electron chi connectivity index (χ2n) is 7.20. The highest BCUT2D eigenvalue weighted by Crippen LogP contribution is 2.28. The molecular weight excluding hydrogens is 441 g/mol. The Labute approximate surface area is 192 Å². The fourth-order valence-corrected chi connectivity index (χ4v) is 4.35. The number of thioether (sulfide) groups is 1. The summed E-state index contributed by atoms with van der Waals surface area (Å²) in [5.41, 5.74) is 1.95. The molecular formula is C25H18FN3O3S.